The summed E-state index contributed by atoms with van der Waals surface area (Å²) in [7, 11) is 0. The molecule has 2 saturated heterocycles. The van der Waals surface area contributed by atoms with Gasteiger partial charge in [0.1, 0.15) is 16.6 Å². The van der Waals surface area contributed by atoms with Gasteiger partial charge in [-0.3, -0.25) is 24.5 Å². The Morgan fingerprint density at radius 2 is 1.97 bits per heavy atom. The number of aryl methyl sites for hydroxylation is 2. The number of hydrogen-bond acceptors (Lipinski definition) is 7. The van der Waals surface area contributed by atoms with E-state index in [-0.39, 0.29) is 6.42 Å². The molecule has 0 radical (unpaired) electrons. The number of rotatable bonds is 3. The molecule has 1 spiro atoms. The molecule has 6 rings (SSSR count). The van der Waals surface area contributed by atoms with Crippen LogP contribution >= 0.6 is 11.3 Å². The Labute approximate surface area is 211 Å². The maximum absolute atomic E-state index is 14.1. The van der Waals surface area contributed by atoms with Gasteiger partial charge in [0.15, 0.2) is 0 Å². The maximum Gasteiger partial charge on any atom is 0.250 e. The standard InChI is InChI=1S/C26H25N5O4S/c1-11-7-8-15-21(12(11)2)29-25(35)26(15)20-19(16(30-26)9-18(28)32)22(33)31(23(20)34)24-14(10-27)13-5-3-4-6-17(13)36-24/h7-8,16,19-20,30H,3-6,9H2,1-2H3,(H2,28,32)(H,29,35)/t16?,19-,20+,26?/m1/s1. The Bertz CT molecular complexity index is 1440. The number of imide groups is 1. The number of nitrogens with one attached hydrogen (secondary N) is 2. The van der Waals surface area contributed by atoms with Gasteiger partial charge in [0, 0.05) is 28.6 Å². The molecular formula is C26H25N5O4S. The molecule has 10 heteroatoms. The van der Waals surface area contributed by atoms with Crippen LogP contribution in [-0.2, 0) is 37.6 Å². The molecule has 184 valence electrons. The van der Waals surface area contributed by atoms with Crippen LogP contribution in [0.3, 0.4) is 0 Å². The van der Waals surface area contributed by atoms with E-state index in [2.05, 4.69) is 16.7 Å². The highest BCUT2D eigenvalue weighted by atomic mass is 32.1. The lowest BCUT2D eigenvalue weighted by molar-refractivity contribution is -0.130. The fourth-order valence-corrected chi connectivity index (χ4v) is 7.88. The van der Waals surface area contributed by atoms with Crippen LogP contribution < -0.4 is 21.3 Å². The van der Waals surface area contributed by atoms with Crippen molar-refractivity contribution in [2.24, 2.45) is 17.6 Å². The van der Waals surface area contributed by atoms with E-state index >= 15 is 0 Å². The van der Waals surface area contributed by atoms with Crippen molar-refractivity contribution in [2.75, 3.05) is 10.2 Å². The quantitative estimate of drug-likeness (QED) is 0.546. The van der Waals surface area contributed by atoms with Crippen molar-refractivity contribution in [2.45, 2.75) is 57.5 Å². The number of nitriles is 1. The van der Waals surface area contributed by atoms with Crippen LogP contribution in [0.2, 0.25) is 0 Å². The average molecular weight is 504 g/mol. The van der Waals surface area contributed by atoms with Crippen molar-refractivity contribution in [1.82, 2.24) is 5.32 Å². The number of amides is 4. The molecule has 2 aromatic rings. The Morgan fingerprint density at radius 1 is 1.22 bits per heavy atom. The summed E-state index contributed by atoms with van der Waals surface area (Å²) in [5.41, 5.74) is 8.36. The summed E-state index contributed by atoms with van der Waals surface area (Å²) in [6, 6.07) is 5.11. The van der Waals surface area contributed by atoms with Gasteiger partial charge in [-0.25, -0.2) is 4.90 Å². The van der Waals surface area contributed by atoms with Crippen molar-refractivity contribution in [3.8, 4) is 6.07 Å². The summed E-state index contributed by atoms with van der Waals surface area (Å²) in [5.74, 6) is -4.12. The summed E-state index contributed by atoms with van der Waals surface area (Å²) in [6.07, 6.45) is 3.29. The zero-order valence-electron chi connectivity index (χ0n) is 19.9. The van der Waals surface area contributed by atoms with Gasteiger partial charge in [-0.1, -0.05) is 12.1 Å². The molecule has 1 aromatic heterocycles. The Balaban J connectivity index is 1.53. The smallest absolute Gasteiger partial charge is 0.250 e. The summed E-state index contributed by atoms with van der Waals surface area (Å²) >= 11 is 1.32. The second kappa shape index (κ2) is 7.72. The van der Waals surface area contributed by atoms with Crippen LogP contribution in [0.4, 0.5) is 10.7 Å². The third-order valence-corrected chi connectivity index (χ3v) is 9.59. The number of nitrogens with two attached hydrogens (primary N) is 1. The van der Waals surface area contributed by atoms with E-state index in [1.165, 1.54) is 11.3 Å². The SMILES string of the molecule is Cc1ccc2c(c1C)NC(=O)C21NC(CC(N)=O)[C@H]2C(=O)N(c3sc4c(c3C#N)CCCC4)C(=O)[C@H]21. The van der Waals surface area contributed by atoms with Crippen LogP contribution in [0.25, 0.3) is 0 Å². The minimum absolute atomic E-state index is 0.199. The van der Waals surface area contributed by atoms with Crippen molar-refractivity contribution in [3.63, 3.8) is 0 Å². The zero-order chi connectivity index (χ0) is 25.5. The number of nitrogens with zero attached hydrogens (tertiary/aromatic N) is 2. The number of anilines is 2. The number of fused-ring (bicyclic) bond motifs is 5. The highest BCUT2D eigenvalue weighted by Gasteiger charge is 2.71. The first-order valence-electron chi connectivity index (χ1n) is 12.1. The summed E-state index contributed by atoms with van der Waals surface area (Å²) in [5, 5.41) is 16.5. The van der Waals surface area contributed by atoms with Crippen molar-refractivity contribution >= 4 is 45.7 Å². The number of carbonyl (C=O) groups excluding carboxylic acids is 4. The minimum atomic E-state index is -1.51. The number of primary amides is 1. The summed E-state index contributed by atoms with van der Waals surface area (Å²) in [6.45, 7) is 3.82. The average Bonchev–Trinajstić information content (AvgIpc) is 3.52. The fraction of sp³-hybridized carbons (Fsp3) is 0.423. The molecule has 0 saturated carbocycles. The number of carbonyl (C=O) groups is 4. The van der Waals surface area contributed by atoms with Gasteiger partial charge in [0.25, 0.3) is 0 Å². The van der Waals surface area contributed by atoms with Crippen LogP contribution in [0.15, 0.2) is 12.1 Å². The molecular weight excluding hydrogens is 478 g/mol. The van der Waals surface area contributed by atoms with Gasteiger partial charge in [0.05, 0.1) is 17.4 Å². The Hall–Kier alpha value is -3.55. The third kappa shape index (κ3) is 2.78. The number of benzene rings is 1. The minimum Gasteiger partial charge on any atom is -0.370 e. The Kier molecular flexibility index (Phi) is 4.91. The second-order valence-electron chi connectivity index (χ2n) is 10.1. The molecule has 2 fully saturated rings. The van der Waals surface area contributed by atoms with E-state index in [0.29, 0.717) is 21.8 Å². The maximum atomic E-state index is 14.1. The van der Waals surface area contributed by atoms with Gasteiger partial charge in [-0.2, -0.15) is 5.26 Å². The molecule has 1 aliphatic carbocycles. The van der Waals surface area contributed by atoms with Crippen LogP contribution in [0, 0.1) is 37.0 Å². The first-order valence-corrected chi connectivity index (χ1v) is 12.9. The predicted octanol–water partition coefficient (Wildman–Crippen LogP) is 1.92. The number of hydrogen-bond donors (Lipinski definition) is 3. The summed E-state index contributed by atoms with van der Waals surface area (Å²) in [4.78, 5) is 55.8. The molecule has 4 N–H and O–H groups in total. The lowest BCUT2D eigenvalue weighted by atomic mass is 9.76. The van der Waals surface area contributed by atoms with Crippen molar-refractivity contribution < 1.29 is 19.2 Å². The first-order chi connectivity index (χ1) is 17.2. The molecule has 1 aromatic carbocycles. The molecule has 4 aliphatic rings. The fourth-order valence-electron chi connectivity index (χ4n) is 6.54. The monoisotopic (exact) mass is 503 g/mol. The molecule has 3 aliphatic heterocycles. The van der Waals surface area contributed by atoms with Crippen LogP contribution in [0.5, 0.6) is 0 Å². The van der Waals surface area contributed by atoms with Gasteiger partial charge in [0.2, 0.25) is 23.6 Å². The Morgan fingerprint density at radius 3 is 2.69 bits per heavy atom. The summed E-state index contributed by atoms with van der Waals surface area (Å²) < 4.78 is 0. The van der Waals surface area contributed by atoms with Crippen molar-refractivity contribution in [3.05, 3.63) is 44.8 Å². The normalized spacial score (nSPS) is 28.2. The lowest BCUT2D eigenvalue weighted by Gasteiger charge is -2.29. The highest BCUT2D eigenvalue weighted by molar-refractivity contribution is 7.17. The molecule has 4 atom stereocenters. The zero-order valence-corrected chi connectivity index (χ0v) is 20.8. The molecule has 36 heavy (non-hydrogen) atoms. The van der Waals surface area contributed by atoms with Gasteiger partial charge in [-0.05, 0) is 56.2 Å². The van der Waals surface area contributed by atoms with Crippen LogP contribution in [-0.4, -0.2) is 29.7 Å². The topological polar surface area (TPSA) is 145 Å². The lowest BCUT2D eigenvalue weighted by Crippen LogP contribution is -2.53. The number of thiophene rings is 1. The van der Waals surface area contributed by atoms with E-state index in [1.807, 2.05) is 19.9 Å². The van der Waals surface area contributed by atoms with Gasteiger partial charge < -0.3 is 11.1 Å². The predicted molar refractivity (Wildman–Crippen MR) is 132 cm³/mol. The largest absolute Gasteiger partial charge is 0.370 e. The van der Waals surface area contributed by atoms with E-state index in [0.717, 1.165) is 52.2 Å². The van der Waals surface area contributed by atoms with E-state index in [9.17, 15) is 24.4 Å². The highest BCUT2D eigenvalue weighted by Crippen LogP contribution is 2.55. The van der Waals surface area contributed by atoms with Crippen LogP contribution in [0.1, 0.15) is 52.0 Å². The molecule has 4 amide bonds. The van der Waals surface area contributed by atoms with Gasteiger partial charge in [-0.15, -0.1) is 11.3 Å². The molecule has 2 unspecified atom stereocenters. The van der Waals surface area contributed by atoms with E-state index < -0.39 is 47.0 Å². The first kappa shape index (κ1) is 22.9. The van der Waals surface area contributed by atoms with E-state index in [1.54, 1.807) is 6.07 Å². The molecule has 0 bridgehead atoms. The third-order valence-electron chi connectivity index (χ3n) is 8.31. The molecule has 9 nitrogen and oxygen atoms in total. The van der Waals surface area contributed by atoms with Gasteiger partial charge >= 0.3 is 0 Å². The molecule has 4 heterocycles. The van der Waals surface area contributed by atoms with Crippen molar-refractivity contribution in [1.29, 1.82) is 5.26 Å². The second-order valence-corrected chi connectivity index (χ2v) is 11.2. The van der Waals surface area contributed by atoms with E-state index in [4.69, 9.17) is 5.73 Å².